The van der Waals surface area contributed by atoms with Crippen LogP contribution in [0.15, 0.2) is 36.8 Å². The molecule has 0 bridgehead atoms. The number of carbonyl (C=O) groups is 2. The zero-order valence-electron chi connectivity index (χ0n) is 34.0. The van der Waals surface area contributed by atoms with E-state index in [1.165, 1.54) is 21.4 Å². The first-order valence-corrected chi connectivity index (χ1v) is 22.3. The number of fused-ring (bicyclic) bond motifs is 1. The van der Waals surface area contributed by atoms with Gasteiger partial charge < -0.3 is 30.3 Å². The van der Waals surface area contributed by atoms with Crippen LogP contribution in [0, 0.1) is 17.8 Å². The molecule has 0 saturated carbocycles. The molecule has 4 saturated heterocycles. The first-order valence-electron chi connectivity index (χ1n) is 20.9. The fourth-order valence-corrected chi connectivity index (χ4v) is 10.7. The predicted molar refractivity (Wildman–Crippen MR) is 216 cm³/mol. The maximum Gasteiger partial charge on any atom is 0.419 e. The number of amides is 2. The molecule has 0 aliphatic carbocycles. The van der Waals surface area contributed by atoms with Crippen molar-refractivity contribution < 1.29 is 41.0 Å². The lowest BCUT2D eigenvalue weighted by molar-refractivity contribution is -0.137. The highest BCUT2D eigenvalue weighted by molar-refractivity contribution is 7.86. The average Bonchev–Trinajstić information content (AvgIpc) is 3.83. The number of likely N-dealkylation sites (tertiary alicyclic amines) is 1. The number of carbonyl (C=O) groups excluding carboxylic acids is 2. The Morgan fingerprint density at radius 2 is 1.70 bits per heavy atom. The molecule has 328 valence electrons. The lowest BCUT2D eigenvalue weighted by Crippen LogP contribution is -2.55. The zero-order chi connectivity index (χ0) is 42.9. The van der Waals surface area contributed by atoms with Gasteiger partial charge in [-0.1, -0.05) is 17.9 Å². The van der Waals surface area contributed by atoms with Crippen LogP contribution in [0.5, 0.6) is 0 Å². The molecule has 20 heteroatoms. The number of nitrogens with zero attached hydrogens (tertiary/aromatic N) is 8. The normalized spacial score (nSPS) is 23.1. The molecule has 4 fully saturated rings. The van der Waals surface area contributed by atoms with E-state index in [4.69, 9.17) is 4.74 Å². The van der Waals surface area contributed by atoms with Crippen molar-refractivity contribution >= 4 is 28.0 Å². The maximum atomic E-state index is 13.7. The number of aromatic nitrogens is 4. The second kappa shape index (κ2) is 18.0. The van der Waals surface area contributed by atoms with Gasteiger partial charge in [-0.25, -0.2) is 9.97 Å². The Morgan fingerprint density at radius 1 is 0.984 bits per heavy atom. The summed E-state index contributed by atoms with van der Waals surface area (Å²) in [6, 6.07) is 4.77. The van der Waals surface area contributed by atoms with E-state index < -0.39 is 34.2 Å². The average molecular weight is 869 g/mol. The molecule has 2 aromatic heterocycles. The molecule has 0 spiro atoms. The summed E-state index contributed by atoms with van der Waals surface area (Å²) in [7, 11) is -2.05. The number of rotatable bonds is 10. The van der Waals surface area contributed by atoms with E-state index >= 15 is 0 Å². The number of hydrogen-bond acceptors (Lipinski definition) is 11. The number of benzene rings is 1. The zero-order valence-corrected chi connectivity index (χ0v) is 34.8. The van der Waals surface area contributed by atoms with Gasteiger partial charge in [-0.15, -0.1) is 0 Å². The molecular weight excluding hydrogens is 818 g/mol. The Morgan fingerprint density at radius 3 is 2.38 bits per heavy atom. The Labute approximate surface area is 353 Å². The van der Waals surface area contributed by atoms with Crippen molar-refractivity contribution in [1.82, 2.24) is 43.5 Å². The molecule has 2 amide bonds. The van der Waals surface area contributed by atoms with E-state index in [0.29, 0.717) is 50.4 Å². The third-order valence-electron chi connectivity index (χ3n) is 12.5. The van der Waals surface area contributed by atoms with Gasteiger partial charge in [0.2, 0.25) is 11.9 Å². The monoisotopic (exact) mass is 868 g/mol. The second-order valence-corrected chi connectivity index (χ2v) is 18.4. The Kier molecular flexibility index (Phi) is 12.7. The summed E-state index contributed by atoms with van der Waals surface area (Å²) >= 11 is 0. The minimum absolute atomic E-state index is 0.0502. The number of ether oxygens (including phenoxy) is 1. The van der Waals surface area contributed by atoms with Crippen molar-refractivity contribution in [3.63, 3.8) is 0 Å². The van der Waals surface area contributed by atoms with Crippen LogP contribution in [0.1, 0.15) is 78.4 Å². The van der Waals surface area contributed by atoms with Crippen LogP contribution < -0.4 is 10.6 Å². The summed E-state index contributed by atoms with van der Waals surface area (Å²) in [5, 5.41) is 20.0. The maximum absolute atomic E-state index is 13.7. The van der Waals surface area contributed by atoms with Crippen molar-refractivity contribution in [1.29, 1.82) is 0 Å². The van der Waals surface area contributed by atoms with Crippen LogP contribution in [0.25, 0.3) is 11.3 Å². The predicted octanol–water partition coefficient (Wildman–Crippen LogP) is 2.81. The van der Waals surface area contributed by atoms with Crippen molar-refractivity contribution in [3.05, 3.63) is 59.0 Å². The topological polar surface area (TPSA) is 178 Å². The number of aryl methyl sites for hydroxylation is 1. The van der Waals surface area contributed by atoms with Gasteiger partial charge in [-0.05, 0) is 68.6 Å². The van der Waals surface area contributed by atoms with Crippen LogP contribution >= 0.6 is 0 Å². The third kappa shape index (κ3) is 9.71. The number of piperidine rings is 4. The first-order chi connectivity index (χ1) is 29.2. The molecule has 3 aromatic rings. The quantitative estimate of drug-likeness (QED) is 0.256. The molecule has 2 atom stereocenters. The van der Waals surface area contributed by atoms with E-state index in [1.807, 2.05) is 6.07 Å². The standard InChI is InChI=1S/C41H51F3N10O6S/c1-50-25-29(22-46-50)37-34(41(42,43)44)23-45-40(49-37)47-30-11-19-53(20-12-30)61(58,59)52-17-9-27(10-18-52)24-51-15-13-31(14-16-51)60-21-3-5-28-4-2-6-32-33(28)26-54(39(32)57)35-7-8-36(55)48-38(35)56/h2,4,6,22-23,25,27,30-31,35,38,56H,7-21,24,26H2,1H3,(H,48,55)(H,45,47,49). The fraction of sp³-hybridized carbons (Fsp3) is 0.585. The van der Waals surface area contributed by atoms with E-state index in [-0.39, 0.29) is 67.3 Å². The van der Waals surface area contributed by atoms with E-state index in [1.54, 1.807) is 28.4 Å². The van der Waals surface area contributed by atoms with E-state index in [0.717, 1.165) is 62.6 Å². The molecule has 2 unspecified atom stereocenters. The van der Waals surface area contributed by atoms with Crippen molar-refractivity contribution in [3.8, 4) is 23.1 Å². The van der Waals surface area contributed by atoms with Gasteiger partial charge in [0.25, 0.3) is 16.1 Å². The summed E-state index contributed by atoms with van der Waals surface area (Å²) in [4.78, 5) is 37.0. The minimum atomic E-state index is -4.64. The number of aliphatic hydroxyl groups excluding tert-OH is 1. The Balaban J connectivity index is 0.745. The minimum Gasteiger partial charge on any atom is -0.372 e. The molecule has 0 radical (unpaired) electrons. The highest BCUT2D eigenvalue weighted by atomic mass is 32.2. The third-order valence-corrected chi connectivity index (χ3v) is 14.5. The van der Waals surface area contributed by atoms with Gasteiger partial charge in [0, 0.05) is 101 Å². The van der Waals surface area contributed by atoms with Gasteiger partial charge in [0.05, 0.1) is 24.0 Å². The molecule has 3 N–H and O–H groups in total. The molecule has 7 heterocycles. The van der Waals surface area contributed by atoms with Crippen LogP contribution in [-0.2, 0) is 39.5 Å². The van der Waals surface area contributed by atoms with Gasteiger partial charge in [-0.3, -0.25) is 14.3 Å². The number of hydrogen-bond donors (Lipinski definition) is 3. The van der Waals surface area contributed by atoms with Crippen LogP contribution in [0.3, 0.4) is 0 Å². The lowest BCUT2D eigenvalue weighted by atomic mass is 9.96. The summed E-state index contributed by atoms with van der Waals surface area (Å²) in [6.07, 6.45) is 2.78. The number of aliphatic hydroxyl groups is 1. The number of anilines is 1. The smallest absolute Gasteiger partial charge is 0.372 e. The van der Waals surface area contributed by atoms with Gasteiger partial charge in [0.1, 0.15) is 18.4 Å². The molecule has 8 rings (SSSR count). The summed E-state index contributed by atoms with van der Waals surface area (Å²) in [5.41, 5.74) is 1.14. The second-order valence-electron chi connectivity index (χ2n) is 16.5. The molecular formula is C41H51F3N10O6S. The SMILES string of the molecule is Cn1cc(-c2nc(NC3CCN(S(=O)(=O)N4CCC(CN5CCC(OCC#Cc6cccc7c6CN(C6CCC(=O)NC6O)C7=O)CC5)CC4)CC3)ncc2C(F)(F)F)cn1. The molecule has 16 nitrogen and oxygen atoms in total. The molecule has 5 aliphatic rings. The van der Waals surface area contributed by atoms with Crippen molar-refractivity contribution in [2.75, 3.05) is 57.7 Å². The van der Waals surface area contributed by atoms with E-state index in [9.17, 15) is 36.3 Å². The highest BCUT2D eigenvalue weighted by Gasteiger charge is 2.41. The van der Waals surface area contributed by atoms with Gasteiger partial charge in [0.15, 0.2) is 0 Å². The summed E-state index contributed by atoms with van der Waals surface area (Å²) in [5.74, 6) is 6.35. The van der Waals surface area contributed by atoms with Crippen molar-refractivity contribution in [2.45, 2.75) is 88.5 Å². The highest BCUT2D eigenvalue weighted by Crippen LogP contribution is 2.36. The number of alkyl halides is 3. The lowest BCUT2D eigenvalue weighted by Gasteiger charge is -2.39. The van der Waals surface area contributed by atoms with Crippen LogP contribution in [0.2, 0.25) is 0 Å². The Bertz CT molecular complexity index is 2260. The van der Waals surface area contributed by atoms with Gasteiger partial charge >= 0.3 is 6.18 Å². The van der Waals surface area contributed by atoms with Crippen molar-refractivity contribution in [2.24, 2.45) is 13.0 Å². The van der Waals surface area contributed by atoms with Crippen LogP contribution in [0.4, 0.5) is 19.1 Å². The molecule has 61 heavy (non-hydrogen) atoms. The summed E-state index contributed by atoms with van der Waals surface area (Å²) < 4.78 is 79.1. The molecule has 5 aliphatic heterocycles. The number of halogens is 3. The first kappa shape index (κ1) is 43.0. The largest absolute Gasteiger partial charge is 0.419 e. The van der Waals surface area contributed by atoms with Crippen LogP contribution in [-0.4, -0.2) is 140 Å². The van der Waals surface area contributed by atoms with E-state index in [2.05, 4.69) is 42.4 Å². The van der Waals surface area contributed by atoms with Gasteiger partial charge in [-0.2, -0.15) is 35.3 Å². The fourth-order valence-electron chi connectivity index (χ4n) is 9.07. The number of nitrogens with one attached hydrogen (secondary N) is 2. The summed E-state index contributed by atoms with van der Waals surface area (Å²) in [6.45, 7) is 4.75. The Hall–Kier alpha value is -4.65. The molecule has 1 aromatic carbocycles.